The highest BCUT2D eigenvalue weighted by atomic mass is 32.2. The lowest BCUT2D eigenvalue weighted by Crippen LogP contribution is -2.36. The monoisotopic (exact) mass is 303 g/mol. The standard InChI is InChI=1S/C15H21N5S/c1-19(13-9-6-10-14(13)21-2)11-15-16-17-18-20(15)12-7-4-3-5-8-12/h3-5,7-8,13-14H,6,9-11H2,1-2H3/t13-,14+/m1/s1. The van der Waals surface area contributed by atoms with Crippen molar-refractivity contribution < 1.29 is 0 Å². The second-order valence-corrected chi connectivity index (χ2v) is 6.61. The van der Waals surface area contributed by atoms with Crippen LogP contribution in [0.4, 0.5) is 0 Å². The van der Waals surface area contributed by atoms with Gasteiger partial charge < -0.3 is 0 Å². The Hall–Kier alpha value is -1.40. The van der Waals surface area contributed by atoms with Crippen molar-refractivity contribution >= 4 is 11.8 Å². The number of thioether (sulfide) groups is 1. The number of nitrogens with zero attached hydrogens (tertiary/aromatic N) is 5. The van der Waals surface area contributed by atoms with Crippen molar-refractivity contribution in [2.75, 3.05) is 13.3 Å². The van der Waals surface area contributed by atoms with E-state index in [2.05, 4.69) is 33.7 Å². The number of tetrazole rings is 1. The summed E-state index contributed by atoms with van der Waals surface area (Å²) in [6, 6.07) is 10.7. The molecule has 0 aliphatic heterocycles. The maximum atomic E-state index is 4.21. The minimum Gasteiger partial charge on any atom is -0.295 e. The van der Waals surface area contributed by atoms with Crippen LogP contribution in [0.2, 0.25) is 0 Å². The first-order valence-corrected chi connectivity index (χ1v) is 8.64. The summed E-state index contributed by atoms with van der Waals surface area (Å²) in [6.07, 6.45) is 6.13. The normalized spacial score (nSPS) is 22.0. The molecule has 0 radical (unpaired) electrons. The lowest BCUT2D eigenvalue weighted by molar-refractivity contribution is 0.234. The summed E-state index contributed by atoms with van der Waals surface area (Å²) in [5, 5.41) is 12.9. The highest BCUT2D eigenvalue weighted by Crippen LogP contribution is 2.32. The van der Waals surface area contributed by atoms with Gasteiger partial charge in [0.25, 0.3) is 0 Å². The Labute approximate surface area is 129 Å². The van der Waals surface area contributed by atoms with Crippen molar-refractivity contribution in [2.45, 2.75) is 37.1 Å². The average Bonchev–Trinajstić information content (AvgIpc) is 3.16. The molecule has 0 bridgehead atoms. The van der Waals surface area contributed by atoms with Crippen LogP contribution in [0.15, 0.2) is 30.3 Å². The third-order valence-electron chi connectivity index (χ3n) is 4.21. The fraction of sp³-hybridized carbons (Fsp3) is 0.533. The summed E-state index contributed by atoms with van der Waals surface area (Å²) in [5.74, 6) is 0.899. The lowest BCUT2D eigenvalue weighted by atomic mass is 10.2. The van der Waals surface area contributed by atoms with Crippen molar-refractivity contribution in [1.29, 1.82) is 0 Å². The van der Waals surface area contributed by atoms with E-state index in [1.165, 1.54) is 19.3 Å². The Balaban J connectivity index is 1.75. The SMILES string of the molecule is CS[C@H]1CCC[C@H]1N(C)Cc1nnnn1-c1ccccc1. The minimum atomic E-state index is 0.626. The highest BCUT2D eigenvalue weighted by molar-refractivity contribution is 7.99. The molecule has 2 atom stereocenters. The van der Waals surface area contributed by atoms with Gasteiger partial charge in [0.05, 0.1) is 12.2 Å². The molecule has 5 nitrogen and oxygen atoms in total. The second-order valence-electron chi connectivity index (χ2n) is 5.53. The molecule has 6 heteroatoms. The molecule has 1 aliphatic carbocycles. The first kappa shape index (κ1) is 14.5. The van der Waals surface area contributed by atoms with Crippen LogP contribution in [-0.2, 0) is 6.54 Å². The van der Waals surface area contributed by atoms with Crippen molar-refractivity contribution in [1.82, 2.24) is 25.1 Å². The predicted molar refractivity (Wildman–Crippen MR) is 85.6 cm³/mol. The Bertz CT molecular complexity index is 570. The zero-order valence-electron chi connectivity index (χ0n) is 12.5. The van der Waals surface area contributed by atoms with E-state index in [1.807, 2.05) is 46.8 Å². The molecule has 0 spiro atoms. The molecular weight excluding hydrogens is 282 g/mol. The molecule has 1 fully saturated rings. The topological polar surface area (TPSA) is 46.8 Å². The van der Waals surface area contributed by atoms with Crippen LogP contribution >= 0.6 is 11.8 Å². The molecule has 0 N–H and O–H groups in total. The van der Waals surface area contributed by atoms with Gasteiger partial charge in [-0.1, -0.05) is 24.6 Å². The molecule has 3 rings (SSSR count). The molecule has 0 unspecified atom stereocenters. The van der Waals surface area contributed by atoms with Crippen LogP contribution < -0.4 is 0 Å². The van der Waals surface area contributed by atoms with Gasteiger partial charge in [-0.3, -0.25) is 4.90 Å². The zero-order valence-corrected chi connectivity index (χ0v) is 13.3. The van der Waals surface area contributed by atoms with Gasteiger partial charge in [-0.2, -0.15) is 16.4 Å². The van der Waals surface area contributed by atoms with Crippen LogP contribution in [0, 0.1) is 0 Å². The van der Waals surface area contributed by atoms with Gasteiger partial charge in [-0.15, -0.1) is 5.10 Å². The largest absolute Gasteiger partial charge is 0.295 e. The Morgan fingerprint density at radius 2 is 2.10 bits per heavy atom. The molecule has 112 valence electrons. The second kappa shape index (κ2) is 6.58. The van der Waals surface area contributed by atoms with Crippen molar-refractivity contribution in [3.63, 3.8) is 0 Å². The summed E-state index contributed by atoms with van der Waals surface area (Å²) >= 11 is 1.98. The van der Waals surface area contributed by atoms with E-state index >= 15 is 0 Å². The fourth-order valence-corrected chi connectivity index (χ4v) is 4.16. The van der Waals surface area contributed by atoms with Crippen LogP contribution in [0.3, 0.4) is 0 Å². The molecule has 0 amide bonds. The maximum absolute atomic E-state index is 4.21. The van der Waals surface area contributed by atoms with Gasteiger partial charge in [0.1, 0.15) is 0 Å². The number of benzene rings is 1. The van der Waals surface area contributed by atoms with Crippen LogP contribution in [-0.4, -0.2) is 49.7 Å². The van der Waals surface area contributed by atoms with Gasteiger partial charge in [0.15, 0.2) is 5.82 Å². The highest BCUT2D eigenvalue weighted by Gasteiger charge is 2.30. The Morgan fingerprint density at radius 1 is 1.29 bits per heavy atom. The Kier molecular flexibility index (Phi) is 4.55. The molecule has 1 aromatic heterocycles. The summed E-state index contributed by atoms with van der Waals surface area (Å²) in [6.45, 7) is 0.781. The summed E-state index contributed by atoms with van der Waals surface area (Å²) in [7, 11) is 2.18. The van der Waals surface area contributed by atoms with Crippen molar-refractivity contribution in [2.24, 2.45) is 0 Å². The van der Waals surface area contributed by atoms with Gasteiger partial charge in [-0.25, -0.2) is 0 Å². The average molecular weight is 303 g/mol. The van der Waals surface area contributed by atoms with E-state index in [0.717, 1.165) is 23.3 Å². The molecule has 1 saturated carbocycles. The third kappa shape index (κ3) is 3.11. The number of aromatic nitrogens is 4. The van der Waals surface area contributed by atoms with Crippen LogP contribution in [0.1, 0.15) is 25.1 Å². The molecule has 2 aromatic rings. The number of hydrogen-bond acceptors (Lipinski definition) is 5. The summed E-state index contributed by atoms with van der Waals surface area (Å²) in [4.78, 5) is 2.40. The number of rotatable bonds is 5. The molecular formula is C15H21N5S. The Morgan fingerprint density at radius 3 is 2.86 bits per heavy atom. The van der Waals surface area contributed by atoms with Gasteiger partial charge in [0, 0.05) is 11.3 Å². The number of para-hydroxylation sites is 1. The molecule has 0 saturated heterocycles. The molecule has 1 heterocycles. The van der Waals surface area contributed by atoms with E-state index < -0.39 is 0 Å². The predicted octanol–water partition coefficient (Wildman–Crippen LogP) is 2.38. The lowest BCUT2D eigenvalue weighted by Gasteiger charge is -2.28. The minimum absolute atomic E-state index is 0.626. The van der Waals surface area contributed by atoms with Gasteiger partial charge in [0.2, 0.25) is 0 Å². The van der Waals surface area contributed by atoms with E-state index in [4.69, 9.17) is 0 Å². The zero-order chi connectivity index (χ0) is 14.7. The summed E-state index contributed by atoms with van der Waals surface area (Å²) < 4.78 is 1.83. The molecule has 21 heavy (non-hydrogen) atoms. The van der Waals surface area contributed by atoms with E-state index in [9.17, 15) is 0 Å². The number of hydrogen-bond donors (Lipinski definition) is 0. The maximum Gasteiger partial charge on any atom is 0.170 e. The van der Waals surface area contributed by atoms with Crippen molar-refractivity contribution in [3.05, 3.63) is 36.2 Å². The van der Waals surface area contributed by atoms with E-state index in [-0.39, 0.29) is 0 Å². The van der Waals surface area contributed by atoms with Gasteiger partial charge >= 0.3 is 0 Å². The van der Waals surface area contributed by atoms with Gasteiger partial charge in [-0.05, 0) is 48.7 Å². The first-order valence-electron chi connectivity index (χ1n) is 7.35. The van der Waals surface area contributed by atoms with E-state index in [1.54, 1.807) is 0 Å². The third-order valence-corrected chi connectivity index (χ3v) is 5.37. The molecule has 1 aromatic carbocycles. The van der Waals surface area contributed by atoms with Crippen LogP contribution in [0.25, 0.3) is 5.69 Å². The molecule has 1 aliphatic rings. The summed E-state index contributed by atoms with van der Waals surface area (Å²) in [5.41, 5.74) is 1.01. The van der Waals surface area contributed by atoms with E-state index in [0.29, 0.717) is 6.04 Å². The van der Waals surface area contributed by atoms with Crippen LogP contribution in [0.5, 0.6) is 0 Å². The smallest absolute Gasteiger partial charge is 0.170 e. The van der Waals surface area contributed by atoms with Crippen molar-refractivity contribution in [3.8, 4) is 5.69 Å². The quantitative estimate of drug-likeness (QED) is 0.848. The first-order chi connectivity index (χ1) is 10.3. The fourth-order valence-electron chi connectivity index (χ4n) is 3.10.